The Morgan fingerprint density at radius 2 is 2.03 bits per heavy atom. The quantitative estimate of drug-likeness (QED) is 0.440. The number of nitrogens with zero attached hydrogens (tertiary/aromatic N) is 5. The summed E-state index contributed by atoms with van der Waals surface area (Å²) in [6, 6.07) is 3.56. The van der Waals surface area contributed by atoms with Crippen LogP contribution in [-0.4, -0.2) is 60.4 Å². The third-order valence-corrected chi connectivity index (χ3v) is 7.11. The second-order valence-electron chi connectivity index (χ2n) is 9.98. The van der Waals surface area contributed by atoms with Gasteiger partial charge in [-0.25, -0.2) is 23.7 Å². The van der Waals surface area contributed by atoms with Crippen LogP contribution in [0.4, 0.5) is 9.18 Å². The van der Waals surface area contributed by atoms with E-state index in [-0.39, 0.29) is 12.1 Å². The van der Waals surface area contributed by atoms with Crippen molar-refractivity contribution >= 4 is 33.3 Å². The Labute approximate surface area is 205 Å². The highest BCUT2D eigenvalue weighted by molar-refractivity contribution is 7.18. The maximum Gasteiger partial charge on any atom is 0.410 e. The van der Waals surface area contributed by atoms with E-state index >= 15 is 4.39 Å². The fraction of sp³-hybridized carbons (Fsp3) is 0.458. The molecule has 35 heavy (non-hydrogen) atoms. The van der Waals surface area contributed by atoms with Gasteiger partial charge in [-0.2, -0.15) is 5.10 Å². The fourth-order valence-corrected chi connectivity index (χ4v) is 5.55. The molecule has 1 amide bonds. The van der Waals surface area contributed by atoms with Crippen LogP contribution in [0.2, 0.25) is 0 Å². The summed E-state index contributed by atoms with van der Waals surface area (Å²) >= 11 is 1.31. The Hall–Kier alpha value is -3.34. The summed E-state index contributed by atoms with van der Waals surface area (Å²) < 4.78 is 22.2. The van der Waals surface area contributed by atoms with Crippen LogP contribution in [-0.2, 0) is 4.74 Å². The molecule has 1 unspecified atom stereocenters. The average Bonchev–Trinajstić information content (AvgIpc) is 3.35. The van der Waals surface area contributed by atoms with Crippen molar-refractivity contribution in [2.24, 2.45) is 0 Å². The van der Waals surface area contributed by atoms with Crippen LogP contribution in [0.1, 0.15) is 49.2 Å². The summed E-state index contributed by atoms with van der Waals surface area (Å²) in [6.07, 6.45) is 0.483. The summed E-state index contributed by atoms with van der Waals surface area (Å²) in [6.45, 7) is 9.51. The van der Waals surface area contributed by atoms with Gasteiger partial charge < -0.3 is 14.6 Å². The first-order chi connectivity index (χ1) is 16.5. The Morgan fingerprint density at radius 1 is 1.26 bits per heavy atom. The summed E-state index contributed by atoms with van der Waals surface area (Å²) in [5, 5.41) is 4.97. The van der Waals surface area contributed by atoms with Gasteiger partial charge >= 0.3 is 6.09 Å². The van der Waals surface area contributed by atoms with Gasteiger partial charge in [0, 0.05) is 17.3 Å². The maximum absolute atomic E-state index is 15.2. The molecule has 1 aliphatic rings. The van der Waals surface area contributed by atoms with Crippen molar-refractivity contribution in [3.05, 3.63) is 44.8 Å². The van der Waals surface area contributed by atoms with Crippen LogP contribution < -0.4 is 5.56 Å². The van der Waals surface area contributed by atoms with E-state index in [1.54, 1.807) is 31.4 Å². The number of rotatable bonds is 2. The van der Waals surface area contributed by atoms with Crippen molar-refractivity contribution in [2.45, 2.75) is 58.7 Å². The van der Waals surface area contributed by atoms with Gasteiger partial charge in [0.05, 0.1) is 23.8 Å². The van der Waals surface area contributed by atoms with E-state index in [0.717, 1.165) is 21.8 Å². The largest absolute Gasteiger partial charge is 0.444 e. The van der Waals surface area contributed by atoms with E-state index in [1.165, 1.54) is 16.2 Å². The van der Waals surface area contributed by atoms with E-state index in [0.29, 0.717) is 34.7 Å². The number of carbonyl (C=O) groups excluding carboxylic acids is 1. The second-order valence-corrected chi connectivity index (χ2v) is 11.0. The molecule has 1 saturated heterocycles. The molecule has 5 heterocycles. The number of piperidine rings is 1. The van der Waals surface area contributed by atoms with E-state index in [2.05, 4.69) is 20.1 Å². The van der Waals surface area contributed by atoms with Gasteiger partial charge in [-0.05, 0) is 58.7 Å². The molecule has 1 aliphatic heterocycles. The van der Waals surface area contributed by atoms with E-state index in [9.17, 15) is 9.59 Å². The number of imidazole rings is 1. The van der Waals surface area contributed by atoms with E-state index in [1.807, 2.05) is 26.1 Å². The number of H-pyrrole nitrogens is 1. The molecule has 1 N–H and O–H groups in total. The molecular formula is C24H27FN6O3S. The lowest BCUT2D eigenvalue weighted by molar-refractivity contribution is 0.0113. The monoisotopic (exact) mass is 498 g/mol. The predicted octanol–water partition coefficient (Wildman–Crippen LogP) is 4.37. The van der Waals surface area contributed by atoms with Crippen molar-refractivity contribution in [1.82, 2.24) is 29.5 Å². The number of thiophene rings is 1. The third kappa shape index (κ3) is 4.52. The maximum atomic E-state index is 15.2. The number of fused-ring (bicyclic) bond motifs is 2. The van der Waals surface area contributed by atoms with Crippen molar-refractivity contribution in [3.8, 4) is 11.5 Å². The van der Waals surface area contributed by atoms with Gasteiger partial charge in [-0.3, -0.25) is 4.79 Å². The Kier molecular flexibility index (Phi) is 5.62. The smallest absolute Gasteiger partial charge is 0.410 e. The molecule has 2 atom stereocenters. The third-order valence-electron chi connectivity index (χ3n) is 5.95. The molecule has 0 spiro atoms. The highest BCUT2D eigenvalue weighted by Gasteiger charge is 2.35. The number of likely N-dealkylation sites (tertiary alicyclic amines) is 1. The number of carbonyl (C=O) groups is 1. The summed E-state index contributed by atoms with van der Waals surface area (Å²) in [7, 11) is 0. The first kappa shape index (κ1) is 23.4. The molecule has 0 aliphatic carbocycles. The molecule has 0 bridgehead atoms. The Morgan fingerprint density at radius 3 is 2.74 bits per heavy atom. The SMILES string of the molecule is Cc1cn2nc(-c3nc4sc(C5CCN(C(=O)OC(C)(C)C)C[C@H]5F)cc4c(=O)[nH]3)cc(C)c2n1. The predicted molar refractivity (Wildman–Crippen MR) is 132 cm³/mol. The Bertz CT molecular complexity index is 1500. The molecule has 1 fully saturated rings. The fourth-order valence-electron chi connectivity index (χ4n) is 4.33. The second kappa shape index (κ2) is 8.40. The van der Waals surface area contributed by atoms with Crippen molar-refractivity contribution in [1.29, 1.82) is 0 Å². The first-order valence-corrected chi connectivity index (χ1v) is 12.3. The molecule has 9 nitrogen and oxygen atoms in total. The van der Waals surface area contributed by atoms with Crippen LogP contribution in [0.3, 0.4) is 0 Å². The van der Waals surface area contributed by atoms with Crippen molar-refractivity contribution in [3.63, 3.8) is 0 Å². The number of alkyl halides is 1. The van der Waals surface area contributed by atoms with Crippen LogP contribution in [0, 0.1) is 13.8 Å². The number of nitrogens with one attached hydrogen (secondary N) is 1. The molecule has 11 heteroatoms. The zero-order chi connectivity index (χ0) is 25.1. The van der Waals surface area contributed by atoms with Gasteiger partial charge in [0.15, 0.2) is 11.5 Å². The summed E-state index contributed by atoms with van der Waals surface area (Å²) in [5.74, 6) is -0.0647. The zero-order valence-corrected chi connectivity index (χ0v) is 21.1. The molecule has 0 aromatic carbocycles. The Balaban J connectivity index is 1.42. The van der Waals surface area contributed by atoms with Crippen LogP contribution in [0.5, 0.6) is 0 Å². The highest BCUT2D eigenvalue weighted by atomic mass is 32.1. The molecule has 184 valence electrons. The van der Waals surface area contributed by atoms with Crippen molar-refractivity contribution < 1.29 is 13.9 Å². The van der Waals surface area contributed by atoms with Crippen LogP contribution >= 0.6 is 11.3 Å². The summed E-state index contributed by atoms with van der Waals surface area (Å²) in [5.41, 5.74) is 2.10. The number of aromatic amines is 1. The number of halogens is 1. The molecule has 0 saturated carbocycles. The number of aryl methyl sites for hydroxylation is 2. The number of aromatic nitrogens is 5. The first-order valence-electron chi connectivity index (χ1n) is 11.5. The number of hydrogen-bond donors (Lipinski definition) is 1. The van der Waals surface area contributed by atoms with Gasteiger partial charge in [-0.1, -0.05) is 0 Å². The van der Waals surface area contributed by atoms with Crippen molar-refractivity contribution in [2.75, 3.05) is 13.1 Å². The number of amides is 1. The standard InChI is InChI=1S/C24H27FN6O3S/c1-12-8-17(29-31-10-13(2)26-20(12)31)19-27-21(32)15-9-18(35-22(15)28-19)14-6-7-30(11-16(14)25)23(33)34-24(3,4)5/h8-10,14,16H,6-7,11H2,1-5H3,(H,27,28,32)/t14?,16-/m1/s1. The minimum Gasteiger partial charge on any atom is -0.444 e. The summed E-state index contributed by atoms with van der Waals surface area (Å²) in [4.78, 5) is 39.8. The van der Waals surface area contributed by atoms with Crippen LogP contribution in [0.15, 0.2) is 23.1 Å². The van der Waals surface area contributed by atoms with Gasteiger partial charge in [0.2, 0.25) is 0 Å². The van der Waals surface area contributed by atoms with Crippen LogP contribution in [0.25, 0.3) is 27.4 Å². The molecular weight excluding hydrogens is 471 g/mol. The average molecular weight is 499 g/mol. The zero-order valence-electron chi connectivity index (χ0n) is 20.3. The lowest BCUT2D eigenvalue weighted by Gasteiger charge is -2.35. The highest BCUT2D eigenvalue weighted by Crippen LogP contribution is 2.37. The number of hydrogen-bond acceptors (Lipinski definition) is 7. The van der Waals surface area contributed by atoms with Gasteiger partial charge in [0.25, 0.3) is 5.56 Å². The molecule has 5 rings (SSSR count). The lowest BCUT2D eigenvalue weighted by atomic mass is 9.93. The normalized spacial score (nSPS) is 19.0. The number of ether oxygens (including phenoxy) is 1. The van der Waals surface area contributed by atoms with Gasteiger partial charge in [-0.15, -0.1) is 11.3 Å². The molecule has 4 aromatic rings. The minimum absolute atomic E-state index is 0.0452. The van der Waals surface area contributed by atoms with E-state index < -0.39 is 23.8 Å². The van der Waals surface area contributed by atoms with E-state index in [4.69, 9.17) is 4.74 Å². The van der Waals surface area contributed by atoms with Gasteiger partial charge in [0.1, 0.15) is 22.3 Å². The molecule has 0 radical (unpaired) electrons. The topological polar surface area (TPSA) is 105 Å². The molecule has 4 aromatic heterocycles. The lowest BCUT2D eigenvalue weighted by Crippen LogP contribution is -2.46. The minimum atomic E-state index is -1.26.